The quantitative estimate of drug-likeness (QED) is 0.388. The number of phenols is 1. The second kappa shape index (κ2) is 7.04. The van der Waals surface area contributed by atoms with Crippen LogP contribution in [-0.4, -0.2) is 17.0 Å². The standard InChI is InChI=1S/C18H17BrO4/c19-8-4-1-5-9-22-12-10-14(20)17-16(11-12)23-15-7-3-2-6-13(15)18(17)21/h2-3,6-7,10-11,20H,1,4-5,8-9H2. The molecule has 0 fully saturated rings. The number of rotatable bonds is 6. The molecule has 0 unspecified atom stereocenters. The third-order valence-corrected chi connectivity index (χ3v) is 4.24. The van der Waals surface area contributed by atoms with Crippen molar-refractivity contribution < 1.29 is 14.3 Å². The maximum absolute atomic E-state index is 12.5. The number of halogens is 1. The molecule has 0 saturated heterocycles. The molecule has 0 radical (unpaired) electrons. The first kappa shape index (κ1) is 15.9. The van der Waals surface area contributed by atoms with Gasteiger partial charge in [-0.25, -0.2) is 0 Å². The smallest absolute Gasteiger partial charge is 0.204 e. The Hall–Kier alpha value is -2.01. The van der Waals surface area contributed by atoms with Gasteiger partial charge in [0.25, 0.3) is 0 Å². The lowest BCUT2D eigenvalue weighted by atomic mass is 10.1. The van der Waals surface area contributed by atoms with Crippen LogP contribution in [0.2, 0.25) is 0 Å². The Morgan fingerprint density at radius 1 is 1.09 bits per heavy atom. The molecule has 0 bridgehead atoms. The molecular weight excluding hydrogens is 360 g/mol. The molecular formula is C18H17BrO4. The van der Waals surface area contributed by atoms with E-state index in [1.54, 1.807) is 30.3 Å². The first-order chi connectivity index (χ1) is 11.2. The Morgan fingerprint density at radius 2 is 1.91 bits per heavy atom. The number of ether oxygens (including phenoxy) is 1. The van der Waals surface area contributed by atoms with E-state index in [0.29, 0.717) is 28.9 Å². The molecule has 1 N–H and O–H groups in total. The molecule has 4 nitrogen and oxygen atoms in total. The van der Waals surface area contributed by atoms with Crippen LogP contribution in [0, 0.1) is 0 Å². The summed E-state index contributed by atoms with van der Waals surface area (Å²) in [5.41, 5.74) is 0.603. The van der Waals surface area contributed by atoms with E-state index in [2.05, 4.69) is 15.9 Å². The Balaban J connectivity index is 1.94. The number of alkyl halides is 1. The molecule has 2 aromatic carbocycles. The van der Waals surface area contributed by atoms with E-state index in [1.165, 1.54) is 6.07 Å². The van der Waals surface area contributed by atoms with Crippen LogP contribution in [0.15, 0.2) is 45.6 Å². The molecule has 0 atom stereocenters. The third-order valence-electron chi connectivity index (χ3n) is 3.68. The fraction of sp³-hybridized carbons (Fsp3) is 0.278. The van der Waals surface area contributed by atoms with Gasteiger partial charge >= 0.3 is 0 Å². The van der Waals surface area contributed by atoms with Crippen molar-refractivity contribution >= 4 is 37.9 Å². The first-order valence-corrected chi connectivity index (χ1v) is 8.70. The topological polar surface area (TPSA) is 59.7 Å². The minimum absolute atomic E-state index is 0.113. The van der Waals surface area contributed by atoms with Crippen LogP contribution in [0.5, 0.6) is 11.5 Å². The van der Waals surface area contributed by atoms with Crippen LogP contribution < -0.4 is 10.2 Å². The van der Waals surface area contributed by atoms with Crippen LogP contribution in [0.25, 0.3) is 21.9 Å². The van der Waals surface area contributed by atoms with E-state index in [1.807, 2.05) is 0 Å². The molecule has 0 saturated carbocycles. The summed E-state index contributed by atoms with van der Waals surface area (Å²) < 4.78 is 11.4. The largest absolute Gasteiger partial charge is 0.507 e. The summed E-state index contributed by atoms with van der Waals surface area (Å²) >= 11 is 3.39. The summed E-state index contributed by atoms with van der Waals surface area (Å²) in [4.78, 5) is 12.5. The molecule has 0 amide bonds. The van der Waals surface area contributed by atoms with Gasteiger partial charge in [0.2, 0.25) is 5.43 Å². The number of unbranched alkanes of at least 4 members (excludes halogenated alkanes) is 2. The van der Waals surface area contributed by atoms with Crippen molar-refractivity contribution in [2.75, 3.05) is 11.9 Å². The van der Waals surface area contributed by atoms with Gasteiger partial charge in [-0.05, 0) is 31.4 Å². The highest BCUT2D eigenvalue weighted by atomic mass is 79.9. The fourth-order valence-electron chi connectivity index (χ4n) is 2.53. The van der Waals surface area contributed by atoms with Gasteiger partial charge in [0, 0.05) is 17.5 Å². The van der Waals surface area contributed by atoms with Crippen molar-refractivity contribution in [3.8, 4) is 11.5 Å². The van der Waals surface area contributed by atoms with Gasteiger partial charge in [0.1, 0.15) is 28.1 Å². The van der Waals surface area contributed by atoms with Gasteiger partial charge in [0.05, 0.1) is 12.0 Å². The summed E-state index contributed by atoms with van der Waals surface area (Å²) in [5.74, 6) is 0.393. The minimum atomic E-state index is -0.233. The summed E-state index contributed by atoms with van der Waals surface area (Å²) in [7, 11) is 0. The number of para-hydroxylation sites is 1. The third kappa shape index (κ3) is 3.34. The minimum Gasteiger partial charge on any atom is -0.507 e. The zero-order valence-corrected chi connectivity index (χ0v) is 14.1. The maximum Gasteiger partial charge on any atom is 0.204 e. The van der Waals surface area contributed by atoms with Crippen LogP contribution in [0.4, 0.5) is 0 Å². The zero-order chi connectivity index (χ0) is 16.2. The zero-order valence-electron chi connectivity index (χ0n) is 12.5. The highest BCUT2D eigenvalue weighted by molar-refractivity contribution is 9.09. The lowest BCUT2D eigenvalue weighted by molar-refractivity contribution is 0.305. The number of hydrogen-bond acceptors (Lipinski definition) is 4. The molecule has 0 aliphatic heterocycles. The van der Waals surface area contributed by atoms with Crippen molar-refractivity contribution in [2.45, 2.75) is 19.3 Å². The van der Waals surface area contributed by atoms with Crippen molar-refractivity contribution in [1.82, 2.24) is 0 Å². The summed E-state index contributed by atoms with van der Waals surface area (Å²) in [6, 6.07) is 10.1. The first-order valence-electron chi connectivity index (χ1n) is 7.58. The average molecular weight is 377 g/mol. The highest BCUT2D eigenvalue weighted by Gasteiger charge is 2.13. The van der Waals surface area contributed by atoms with Crippen LogP contribution in [0.1, 0.15) is 19.3 Å². The number of fused-ring (bicyclic) bond motifs is 2. The van der Waals surface area contributed by atoms with Gasteiger partial charge in [-0.1, -0.05) is 28.1 Å². The molecule has 5 heteroatoms. The van der Waals surface area contributed by atoms with Gasteiger partial charge < -0.3 is 14.3 Å². The molecule has 3 aromatic rings. The van der Waals surface area contributed by atoms with Crippen molar-refractivity contribution in [1.29, 1.82) is 0 Å². The summed E-state index contributed by atoms with van der Waals surface area (Å²) in [5, 5.41) is 11.8. The summed E-state index contributed by atoms with van der Waals surface area (Å²) in [6.45, 7) is 0.565. The highest BCUT2D eigenvalue weighted by Crippen LogP contribution is 2.30. The number of benzene rings is 2. The SMILES string of the molecule is O=c1c2ccccc2oc2cc(OCCCCCBr)cc(O)c12. The predicted molar refractivity (Wildman–Crippen MR) is 94.8 cm³/mol. The van der Waals surface area contributed by atoms with Gasteiger partial charge in [-0.15, -0.1) is 0 Å². The van der Waals surface area contributed by atoms with Crippen LogP contribution >= 0.6 is 15.9 Å². The van der Waals surface area contributed by atoms with E-state index >= 15 is 0 Å². The fourth-order valence-corrected chi connectivity index (χ4v) is 2.92. The maximum atomic E-state index is 12.5. The van der Waals surface area contributed by atoms with E-state index in [9.17, 15) is 9.90 Å². The Kier molecular flexibility index (Phi) is 4.86. The van der Waals surface area contributed by atoms with E-state index in [4.69, 9.17) is 9.15 Å². The second-order valence-corrected chi connectivity index (χ2v) is 6.13. The summed E-state index contributed by atoms with van der Waals surface area (Å²) in [6.07, 6.45) is 3.11. The molecule has 0 spiro atoms. The predicted octanol–water partition coefficient (Wildman–Crippen LogP) is 4.60. The van der Waals surface area contributed by atoms with Gasteiger partial charge in [0.15, 0.2) is 0 Å². The Morgan fingerprint density at radius 3 is 2.74 bits per heavy atom. The van der Waals surface area contributed by atoms with Crippen molar-refractivity contribution in [3.05, 3.63) is 46.6 Å². The lowest BCUT2D eigenvalue weighted by Crippen LogP contribution is -2.03. The van der Waals surface area contributed by atoms with E-state index in [-0.39, 0.29) is 16.6 Å². The normalized spacial score (nSPS) is 11.2. The lowest BCUT2D eigenvalue weighted by Gasteiger charge is -2.09. The van der Waals surface area contributed by atoms with Gasteiger partial charge in [-0.3, -0.25) is 4.79 Å². The van der Waals surface area contributed by atoms with Gasteiger partial charge in [-0.2, -0.15) is 0 Å². The molecule has 1 aromatic heterocycles. The monoisotopic (exact) mass is 376 g/mol. The second-order valence-electron chi connectivity index (χ2n) is 5.34. The average Bonchev–Trinajstić information content (AvgIpc) is 2.54. The molecule has 23 heavy (non-hydrogen) atoms. The van der Waals surface area contributed by atoms with Crippen molar-refractivity contribution in [2.24, 2.45) is 0 Å². The Labute approximate surface area is 141 Å². The molecule has 0 aliphatic rings. The van der Waals surface area contributed by atoms with E-state index < -0.39 is 0 Å². The number of aromatic hydroxyl groups is 1. The van der Waals surface area contributed by atoms with E-state index in [0.717, 1.165) is 24.6 Å². The molecule has 1 heterocycles. The van der Waals surface area contributed by atoms with Crippen molar-refractivity contribution in [3.63, 3.8) is 0 Å². The van der Waals surface area contributed by atoms with Crippen LogP contribution in [0.3, 0.4) is 0 Å². The number of hydrogen-bond donors (Lipinski definition) is 1. The molecule has 0 aliphatic carbocycles. The molecule has 3 rings (SSSR count). The van der Waals surface area contributed by atoms with Crippen LogP contribution in [-0.2, 0) is 0 Å². The Bertz CT molecular complexity index is 885. The molecule has 120 valence electrons. The number of phenolic OH excluding ortho intramolecular Hbond substituents is 1.